The van der Waals surface area contributed by atoms with Gasteiger partial charge in [0.2, 0.25) is 5.28 Å². The summed E-state index contributed by atoms with van der Waals surface area (Å²) in [5.41, 5.74) is -0.0183. The van der Waals surface area contributed by atoms with E-state index in [1.54, 1.807) is 72.7 Å². The van der Waals surface area contributed by atoms with Gasteiger partial charge in [-0.25, -0.2) is 14.2 Å². The van der Waals surface area contributed by atoms with Gasteiger partial charge in [-0.1, -0.05) is 49.4 Å². The molecule has 0 aliphatic carbocycles. The Morgan fingerprint density at radius 2 is 1.76 bits per heavy atom. The van der Waals surface area contributed by atoms with Crippen LogP contribution in [0.4, 0.5) is 10.6 Å². The fourth-order valence-electron chi connectivity index (χ4n) is 7.10. The quantitative estimate of drug-likeness (QED) is 0.0408. The first-order valence-corrected chi connectivity index (χ1v) is 26.7. The van der Waals surface area contributed by atoms with Crippen molar-refractivity contribution in [2.45, 2.75) is 135 Å². The molecule has 6 rings (SSSR count). The highest BCUT2D eigenvalue weighted by Gasteiger charge is 2.59. The maximum Gasteiger partial charge on any atom is 0.416 e. The lowest BCUT2D eigenvalue weighted by Gasteiger charge is -2.37. The van der Waals surface area contributed by atoms with Gasteiger partial charge in [-0.3, -0.25) is 9.46 Å². The summed E-state index contributed by atoms with van der Waals surface area (Å²) in [7, 11) is -5.67. The van der Waals surface area contributed by atoms with E-state index < -0.39 is 69.6 Å². The first-order chi connectivity index (χ1) is 29.6. The van der Waals surface area contributed by atoms with Crippen LogP contribution in [0.2, 0.25) is 36.0 Å². The zero-order chi connectivity index (χ0) is 46.0. The number of fused-ring (bicyclic) bond motifs is 2. The third-order valence-electron chi connectivity index (χ3n) is 10.0. The number of amides is 1. The number of benzene rings is 1. The van der Waals surface area contributed by atoms with E-state index >= 15 is 0 Å². The third-order valence-corrected chi connectivity index (χ3v) is 14.9. The Bertz CT molecular complexity index is 2250. The lowest BCUT2D eigenvalue weighted by molar-refractivity contribution is -0.207. The molecule has 1 N–H and O–H groups in total. The minimum absolute atomic E-state index is 0.0158. The Labute approximate surface area is 377 Å². The molecule has 63 heavy (non-hydrogen) atoms. The summed E-state index contributed by atoms with van der Waals surface area (Å²) in [6.45, 7) is 18.2. The number of carbonyl (C=O) groups is 1. The summed E-state index contributed by atoms with van der Waals surface area (Å²) in [6, 6.07) is 8.02. The van der Waals surface area contributed by atoms with Gasteiger partial charge in [0, 0.05) is 19.7 Å². The highest BCUT2D eigenvalue weighted by Crippen LogP contribution is 2.62. The molecule has 4 aromatic rings. The smallest absolute Gasteiger partial charge is 0.416 e. The van der Waals surface area contributed by atoms with Crippen molar-refractivity contribution >= 4 is 61.8 Å². The van der Waals surface area contributed by atoms with Gasteiger partial charge < -0.3 is 42.6 Å². The summed E-state index contributed by atoms with van der Waals surface area (Å²) >= 11 is 13.2. The van der Waals surface area contributed by atoms with Gasteiger partial charge in [0.15, 0.2) is 34.6 Å². The molecular weight excluding hydrogens is 900 g/mol. The van der Waals surface area contributed by atoms with E-state index in [0.717, 1.165) is 6.04 Å². The number of anilines is 1. The van der Waals surface area contributed by atoms with Crippen LogP contribution in [0.5, 0.6) is 0 Å². The predicted octanol–water partition coefficient (Wildman–Crippen LogP) is 7.01. The highest BCUT2D eigenvalue weighted by atomic mass is 35.5. The Morgan fingerprint density at radius 1 is 1.06 bits per heavy atom. The Balaban J connectivity index is 1.34. The molecule has 0 bridgehead atoms. The normalized spacial score (nSPS) is 21.2. The number of halogens is 2. The molecule has 3 aromatic heterocycles. The summed E-state index contributed by atoms with van der Waals surface area (Å²) in [5, 5.41) is 26.5. The van der Waals surface area contributed by atoms with Gasteiger partial charge in [0.25, 0.3) is 0 Å². The molecule has 0 unspecified atom stereocenters. The Morgan fingerprint density at radius 3 is 2.41 bits per heavy atom. The molecule has 1 aromatic carbocycles. The lowest BCUT2D eigenvalue weighted by Crippen LogP contribution is -2.45. The van der Waals surface area contributed by atoms with E-state index in [-0.39, 0.29) is 62.1 Å². The molecule has 0 radical (unpaired) electrons. The molecule has 2 saturated heterocycles. The van der Waals surface area contributed by atoms with Gasteiger partial charge in [-0.05, 0) is 88.2 Å². The SMILES string of the molecule is CCOP(=O)(OCC)[C@@](CO)(Cc1nnnn1COCC[Si](C)(C)C)OC[C@H]1O[C@@H](n2ncc3c(N(Cc4ccccc4Cl)C(=O)OC(C)(C)C)nc(Cl)nc32)[C@@H]2OC(C)(C)O[C@@H]21. The second-order valence-electron chi connectivity index (χ2n) is 17.8. The van der Waals surface area contributed by atoms with Crippen molar-refractivity contribution in [1.29, 1.82) is 0 Å². The average molecular weight is 959 g/mol. The maximum atomic E-state index is 14.8. The van der Waals surface area contributed by atoms with Crippen LogP contribution in [0.15, 0.2) is 30.5 Å². The number of rotatable bonds is 20. The summed E-state index contributed by atoms with van der Waals surface area (Å²) < 4.78 is 67.0. The van der Waals surface area contributed by atoms with Crippen LogP contribution in [-0.2, 0) is 61.7 Å². The Kier molecular flexibility index (Phi) is 15.4. The van der Waals surface area contributed by atoms with Crippen LogP contribution in [0, 0.1) is 0 Å². The minimum Gasteiger partial charge on any atom is -0.443 e. The number of aromatic nitrogens is 8. The fraction of sp³-hybridized carbons (Fsp3) is 0.667. The maximum absolute atomic E-state index is 14.8. The molecule has 2 fully saturated rings. The topological polar surface area (TPSA) is 219 Å². The van der Waals surface area contributed by atoms with Crippen molar-refractivity contribution in [2.75, 3.05) is 37.9 Å². The zero-order valence-corrected chi connectivity index (χ0v) is 40.7. The van der Waals surface area contributed by atoms with Gasteiger partial charge in [0.05, 0.1) is 51.0 Å². The van der Waals surface area contributed by atoms with E-state index in [0.29, 0.717) is 22.6 Å². The molecule has 1 amide bonds. The predicted molar refractivity (Wildman–Crippen MR) is 234 cm³/mol. The van der Waals surface area contributed by atoms with Crippen molar-refractivity contribution < 1.29 is 51.9 Å². The molecule has 20 nitrogen and oxygen atoms in total. The standard InChI is InChI=1S/C39H58Cl2N9O11PSi/c1-11-56-62(53,57-12-2)39(23-51,19-29-45-46-47-49(29)24-54-17-18-63(8,9)10)55-22-28-30-31(60-38(6,7)59-30)34(58-28)50-33-26(20-42-50)32(43-35(41)44-33)48(36(52)61-37(3,4)5)21-25-15-13-14-16-27(25)40/h13-16,20,28,30-31,34,51H,11-12,17-19,21-24H2,1-10H3/t28-,30-,31-,34-,39-/m1/s1. The zero-order valence-electron chi connectivity index (χ0n) is 37.3. The monoisotopic (exact) mass is 957 g/mol. The van der Waals surface area contributed by atoms with Crippen LogP contribution < -0.4 is 4.90 Å². The lowest BCUT2D eigenvalue weighted by atomic mass is 10.1. The summed E-state index contributed by atoms with van der Waals surface area (Å²) in [4.78, 5) is 24.2. The molecule has 0 spiro atoms. The highest BCUT2D eigenvalue weighted by molar-refractivity contribution is 7.55. The van der Waals surface area contributed by atoms with Gasteiger partial charge in [-0.15, -0.1) is 5.10 Å². The number of aliphatic hydroxyl groups is 1. The van der Waals surface area contributed by atoms with Crippen LogP contribution >= 0.6 is 30.8 Å². The minimum atomic E-state index is -4.30. The average Bonchev–Trinajstić information content (AvgIpc) is 3.96. The molecule has 2 aliphatic rings. The molecule has 0 saturated carbocycles. The molecule has 2 aliphatic heterocycles. The van der Waals surface area contributed by atoms with Gasteiger partial charge in [0.1, 0.15) is 30.6 Å². The van der Waals surface area contributed by atoms with Crippen molar-refractivity contribution in [3.8, 4) is 0 Å². The van der Waals surface area contributed by atoms with Crippen LogP contribution in [0.3, 0.4) is 0 Å². The van der Waals surface area contributed by atoms with E-state index in [9.17, 15) is 14.5 Å². The second-order valence-corrected chi connectivity index (χ2v) is 26.5. The van der Waals surface area contributed by atoms with E-state index in [1.165, 1.54) is 20.5 Å². The fourth-order valence-corrected chi connectivity index (χ4v) is 10.2. The molecular formula is C39H58Cl2N9O11PSi. The summed E-state index contributed by atoms with van der Waals surface area (Å²) in [6.07, 6.45) is -3.00. The number of ether oxygens (including phenoxy) is 6. The number of carbonyl (C=O) groups excluding carboxylic acids is 1. The van der Waals surface area contributed by atoms with Crippen LogP contribution in [-0.4, -0.2) is 127 Å². The number of nitrogens with zero attached hydrogens (tertiary/aromatic N) is 9. The number of hydrogen-bond acceptors (Lipinski definition) is 17. The van der Waals surface area contributed by atoms with Crippen molar-refractivity contribution in [1.82, 2.24) is 40.0 Å². The first-order valence-electron chi connectivity index (χ1n) is 20.7. The van der Waals surface area contributed by atoms with Gasteiger partial charge in [-0.2, -0.15) is 15.1 Å². The second kappa shape index (κ2) is 19.7. The first kappa shape index (κ1) is 49.3. The molecule has 5 atom stereocenters. The van der Waals surface area contributed by atoms with Crippen LogP contribution in [0.25, 0.3) is 11.0 Å². The number of tetrazole rings is 1. The van der Waals surface area contributed by atoms with Crippen molar-refractivity contribution in [3.05, 3.63) is 52.2 Å². The van der Waals surface area contributed by atoms with Crippen molar-refractivity contribution in [2.24, 2.45) is 0 Å². The van der Waals surface area contributed by atoms with Crippen molar-refractivity contribution in [3.63, 3.8) is 0 Å². The Hall–Kier alpha value is -3.18. The van der Waals surface area contributed by atoms with Crippen LogP contribution in [0.1, 0.15) is 66.1 Å². The van der Waals surface area contributed by atoms with E-state index in [1.807, 2.05) is 0 Å². The largest absolute Gasteiger partial charge is 0.443 e. The van der Waals surface area contributed by atoms with Gasteiger partial charge >= 0.3 is 13.7 Å². The molecule has 24 heteroatoms. The van der Waals surface area contributed by atoms with E-state index in [2.05, 4.69) is 50.2 Å². The van der Waals surface area contributed by atoms with E-state index in [4.69, 9.17) is 60.7 Å². The number of hydrogen-bond donors (Lipinski definition) is 1. The number of aliphatic hydroxyl groups excluding tert-OH is 1. The summed E-state index contributed by atoms with van der Waals surface area (Å²) in [5.74, 6) is -0.759. The third kappa shape index (κ3) is 11.4. The molecule has 5 heterocycles. The molecule has 348 valence electrons.